The van der Waals surface area contributed by atoms with Gasteiger partial charge in [-0.3, -0.25) is 15.7 Å². The van der Waals surface area contributed by atoms with E-state index in [9.17, 15) is 0 Å². The minimum atomic E-state index is -1.37. The zero-order valence-corrected chi connectivity index (χ0v) is 17.2. The Morgan fingerprint density at radius 1 is 1.26 bits per heavy atom. The van der Waals surface area contributed by atoms with Crippen LogP contribution in [-0.4, -0.2) is 58.0 Å². The number of alkyl halides is 1. The van der Waals surface area contributed by atoms with Crippen LogP contribution in [-0.2, 0) is 5.66 Å². The second-order valence-electron chi connectivity index (χ2n) is 8.23. The maximum absolute atomic E-state index is 15.2. The maximum Gasteiger partial charge on any atom is 0.227 e. The molecule has 2 aromatic heterocycles. The summed E-state index contributed by atoms with van der Waals surface area (Å²) >= 11 is 0. The molecule has 10 heteroatoms. The molecule has 0 bridgehead atoms. The van der Waals surface area contributed by atoms with Crippen molar-refractivity contribution in [2.45, 2.75) is 24.3 Å². The number of furan rings is 1. The molecule has 2 aromatic rings. The molecule has 0 saturated carbocycles. The highest BCUT2D eigenvalue weighted by atomic mass is 19.1. The molecule has 31 heavy (non-hydrogen) atoms. The molecule has 2 aliphatic heterocycles. The van der Waals surface area contributed by atoms with Gasteiger partial charge in [-0.25, -0.2) is 9.07 Å². The van der Waals surface area contributed by atoms with Gasteiger partial charge in [-0.15, -0.1) is 0 Å². The van der Waals surface area contributed by atoms with Gasteiger partial charge in [-0.1, -0.05) is 18.2 Å². The number of hydrogen-bond acceptors (Lipinski definition) is 8. The molecule has 0 amide bonds. The molecule has 3 aliphatic rings. The van der Waals surface area contributed by atoms with Crippen molar-refractivity contribution in [3.05, 3.63) is 60.0 Å². The number of rotatable bonds is 5. The third kappa shape index (κ3) is 3.61. The Morgan fingerprint density at radius 3 is 2.81 bits per heavy atom. The Labute approximate surface area is 179 Å². The summed E-state index contributed by atoms with van der Waals surface area (Å²) in [5, 5.41) is 11.2. The van der Waals surface area contributed by atoms with Crippen molar-refractivity contribution >= 4 is 11.8 Å². The third-order valence-electron chi connectivity index (χ3n) is 6.25. The quantitative estimate of drug-likeness (QED) is 0.537. The number of nitrogen functional groups attached to an aromatic ring is 1. The van der Waals surface area contributed by atoms with Gasteiger partial charge in [0.15, 0.2) is 22.7 Å². The maximum atomic E-state index is 15.2. The fourth-order valence-electron chi connectivity index (χ4n) is 4.50. The normalized spacial score (nSPS) is 28.3. The van der Waals surface area contributed by atoms with E-state index in [4.69, 9.17) is 15.6 Å². The fraction of sp³-hybridized carbons (Fsp3) is 0.429. The molecule has 5 N–H and O–H groups in total. The van der Waals surface area contributed by atoms with Gasteiger partial charge in [0, 0.05) is 51.6 Å². The van der Waals surface area contributed by atoms with Gasteiger partial charge in [-0.2, -0.15) is 4.98 Å². The number of piperazine rings is 1. The minimum Gasteiger partial charge on any atom is -0.465 e. The second kappa shape index (κ2) is 7.54. The number of hydrogen-bond donors (Lipinski definition) is 4. The van der Waals surface area contributed by atoms with Crippen LogP contribution in [0.25, 0.3) is 0 Å². The molecule has 2 atom stereocenters. The molecular weight excluding hydrogens is 399 g/mol. The van der Waals surface area contributed by atoms with E-state index < -0.39 is 11.5 Å². The van der Waals surface area contributed by atoms with E-state index >= 15 is 4.39 Å². The van der Waals surface area contributed by atoms with Crippen molar-refractivity contribution in [1.82, 2.24) is 19.5 Å². The summed E-state index contributed by atoms with van der Waals surface area (Å²) in [4.78, 5) is 8.49. The van der Waals surface area contributed by atoms with Crippen LogP contribution < -0.4 is 22.0 Å². The Bertz CT molecular complexity index is 1060. The van der Waals surface area contributed by atoms with Crippen molar-refractivity contribution < 1.29 is 8.81 Å². The van der Waals surface area contributed by atoms with Crippen LogP contribution >= 0.6 is 0 Å². The summed E-state index contributed by atoms with van der Waals surface area (Å²) < 4.78 is 22.6. The second-order valence-corrected chi connectivity index (χ2v) is 8.23. The van der Waals surface area contributed by atoms with Crippen molar-refractivity contribution in [1.29, 1.82) is 5.41 Å². The Kier molecular flexibility index (Phi) is 4.82. The summed E-state index contributed by atoms with van der Waals surface area (Å²) in [6.45, 7) is 3.69. The number of aromatic nitrogens is 2. The Balaban J connectivity index is 1.27. The fourth-order valence-corrected chi connectivity index (χ4v) is 4.50. The predicted molar refractivity (Wildman–Crippen MR) is 115 cm³/mol. The number of nitrogens with zero attached hydrogens (tertiary/aromatic N) is 4. The summed E-state index contributed by atoms with van der Waals surface area (Å²) in [6.07, 6.45) is 9.93. The zero-order valence-electron chi connectivity index (χ0n) is 17.2. The molecule has 0 spiro atoms. The molecule has 0 aromatic carbocycles. The highest BCUT2D eigenvalue weighted by Gasteiger charge is 2.43. The molecule has 9 nitrogen and oxygen atoms in total. The van der Waals surface area contributed by atoms with E-state index in [0.717, 1.165) is 19.6 Å². The first-order chi connectivity index (χ1) is 15.0. The van der Waals surface area contributed by atoms with Gasteiger partial charge in [0.05, 0.1) is 6.26 Å². The molecule has 1 aliphatic carbocycles. The van der Waals surface area contributed by atoms with E-state index in [1.54, 1.807) is 23.1 Å². The first-order valence-corrected chi connectivity index (χ1v) is 10.5. The lowest BCUT2D eigenvalue weighted by Gasteiger charge is -2.42. The van der Waals surface area contributed by atoms with Crippen molar-refractivity contribution in [2.75, 3.05) is 49.2 Å². The summed E-state index contributed by atoms with van der Waals surface area (Å²) in [5.41, 5.74) is 8.83. The van der Waals surface area contributed by atoms with Crippen LogP contribution in [0.4, 0.5) is 16.2 Å². The molecule has 4 heterocycles. The van der Waals surface area contributed by atoms with E-state index in [0.29, 0.717) is 43.5 Å². The van der Waals surface area contributed by atoms with Gasteiger partial charge in [0.2, 0.25) is 5.95 Å². The van der Waals surface area contributed by atoms with Gasteiger partial charge in [0.1, 0.15) is 5.82 Å². The van der Waals surface area contributed by atoms with Gasteiger partial charge in [0.25, 0.3) is 0 Å². The topological polar surface area (TPSA) is 111 Å². The summed E-state index contributed by atoms with van der Waals surface area (Å²) in [5.74, 6) is 0.208. The van der Waals surface area contributed by atoms with Crippen LogP contribution in [0.2, 0.25) is 0 Å². The van der Waals surface area contributed by atoms with Gasteiger partial charge >= 0.3 is 0 Å². The third-order valence-corrected chi connectivity index (χ3v) is 6.25. The highest BCUT2D eigenvalue weighted by Crippen LogP contribution is 2.34. The molecule has 1 fully saturated rings. The number of allylic oxidation sites excluding steroid dienone is 2. The number of nitrogens with one attached hydrogen (secondary N) is 3. The van der Waals surface area contributed by atoms with Crippen LogP contribution in [0.1, 0.15) is 18.6 Å². The van der Waals surface area contributed by atoms with Crippen LogP contribution in [0.5, 0.6) is 0 Å². The largest absolute Gasteiger partial charge is 0.465 e. The Morgan fingerprint density at radius 2 is 2.10 bits per heavy atom. The van der Waals surface area contributed by atoms with Crippen molar-refractivity contribution in [3.8, 4) is 0 Å². The van der Waals surface area contributed by atoms with Crippen LogP contribution in [0.3, 0.4) is 0 Å². The van der Waals surface area contributed by atoms with Crippen LogP contribution in [0, 0.1) is 5.41 Å². The minimum absolute atomic E-state index is 0.0937. The van der Waals surface area contributed by atoms with Crippen molar-refractivity contribution in [2.24, 2.45) is 0 Å². The predicted octanol–water partition coefficient (Wildman–Crippen LogP) is 1.55. The molecular formula is C21H27FN8O. The van der Waals surface area contributed by atoms with Crippen LogP contribution in [0.15, 0.2) is 53.2 Å². The lowest BCUT2D eigenvalue weighted by molar-refractivity contribution is -0.0239. The highest BCUT2D eigenvalue weighted by molar-refractivity contribution is 5.49. The first kappa shape index (κ1) is 19.8. The lowest BCUT2D eigenvalue weighted by atomic mass is 10.0. The SMILES string of the molecule is N=c1cc(N)n2c(n1)NC(CCN1CCN(C3(F)C=CC=CC3)CC1)(c1ccco1)N2. The molecule has 164 valence electrons. The van der Waals surface area contributed by atoms with Crippen molar-refractivity contribution in [3.63, 3.8) is 0 Å². The zero-order chi connectivity index (χ0) is 21.5. The Hall–Kier alpha value is -3.11. The monoisotopic (exact) mass is 426 g/mol. The van der Waals surface area contributed by atoms with Gasteiger partial charge < -0.3 is 20.4 Å². The molecule has 0 radical (unpaired) electrons. The summed E-state index contributed by atoms with van der Waals surface area (Å²) in [7, 11) is 0. The average Bonchev–Trinajstić information content (AvgIpc) is 3.42. The molecule has 2 unspecified atom stereocenters. The molecule has 1 saturated heterocycles. The van der Waals surface area contributed by atoms with E-state index in [1.165, 1.54) is 6.07 Å². The average molecular weight is 427 g/mol. The lowest BCUT2D eigenvalue weighted by Crippen LogP contribution is -2.55. The van der Waals surface area contributed by atoms with Gasteiger partial charge in [-0.05, 0) is 18.2 Å². The van der Waals surface area contributed by atoms with E-state index in [1.807, 2.05) is 29.2 Å². The first-order valence-electron chi connectivity index (χ1n) is 10.5. The van der Waals surface area contributed by atoms with E-state index in [2.05, 4.69) is 20.6 Å². The number of nitrogens with two attached hydrogens (primary N) is 1. The number of anilines is 2. The van der Waals surface area contributed by atoms with E-state index in [-0.39, 0.29) is 5.49 Å². The smallest absolute Gasteiger partial charge is 0.227 e. The number of fused-ring (bicyclic) bond motifs is 1. The standard InChI is InChI=1S/C21H27FN8O/c22-20(6-2-1-3-7-20)29-12-10-28(11-13-29)9-8-21(16-5-4-14-31-16)26-19-25-17(23)15-18(24)30(19)27-21/h1-6,14-15,27H,7-13,24H2,(H2,23,25,26). The molecule has 5 rings (SSSR count). The summed E-state index contributed by atoms with van der Waals surface area (Å²) in [6, 6.07) is 5.24. The number of halogens is 1.